The molecule has 2 rings (SSSR count). The minimum Gasteiger partial charge on any atom is -0.0925 e. The van der Waals surface area contributed by atoms with Crippen molar-refractivity contribution in [3.8, 4) is 0 Å². The molecule has 0 heterocycles. The lowest BCUT2D eigenvalue weighted by Gasteiger charge is -2.24. The van der Waals surface area contributed by atoms with Crippen LogP contribution in [0, 0.1) is 11.8 Å². The summed E-state index contributed by atoms with van der Waals surface area (Å²) in [7, 11) is 0. The Bertz CT molecular complexity index is 299. The van der Waals surface area contributed by atoms with Crippen molar-refractivity contribution in [1.82, 2.24) is 0 Å². The summed E-state index contributed by atoms with van der Waals surface area (Å²) < 4.78 is 0. The fraction of sp³-hybridized carbons (Fsp3) is 0.625. The zero-order valence-corrected chi connectivity index (χ0v) is 12.2. The van der Waals surface area contributed by atoms with Crippen LogP contribution in [0.25, 0.3) is 0 Å². The van der Waals surface area contributed by atoms with E-state index in [-0.39, 0.29) is 0 Å². The van der Waals surface area contributed by atoms with E-state index in [1.165, 1.54) is 50.5 Å². The van der Waals surface area contributed by atoms with Crippen molar-refractivity contribution in [2.45, 2.75) is 44.9 Å². The predicted molar refractivity (Wildman–Crippen MR) is 78.6 cm³/mol. The first-order chi connectivity index (χ1) is 8.40. The largest absolute Gasteiger partial charge is 0.0925 e. The first-order valence-electron chi connectivity index (χ1n) is 7.00. The highest BCUT2D eigenvalue weighted by Gasteiger charge is 2.21. The molecule has 0 bridgehead atoms. The third kappa shape index (κ3) is 4.13. The number of hydrogen-bond acceptors (Lipinski definition) is 0. The van der Waals surface area contributed by atoms with E-state index in [0.29, 0.717) is 0 Å². The second-order valence-electron chi connectivity index (χ2n) is 5.36. The molecular formula is C16H23Br. The fourth-order valence-electron chi connectivity index (χ4n) is 3.05. The van der Waals surface area contributed by atoms with Gasteiger partial charge < -0.3 is 0 Å². The van der Waals surface area contributed by atoms with Gasteiger partial charge in [-0.3, -0.25) is 0 Å². The smallest absolute Gasteiger partial charge is 0.00654 e. The van der Waals surface area contributed by atoms with Crippen LogP contribution in [0.15, 0.2) is 30.3 Å². The van der Waals surface area contributed by atoms with E-state index >= 15 is 0 Å². The highest BCUT2D eigenvalue weighted by atomic mass is 79.9. The summed E-state index contributed by atoms with van der Waals surface area (Å²) in [6.45, 7) is 0. The molecule has 17 heavy (non-hydrogen) atoms. The maximum atomic E-state index is 3.73. The summed E-state index contributed by atoms with van der Waals surface area (Å²) in [5.74, 6) is 1.77. The van der Waals surface area contributed by atoms with Crippen LogP contribution in [0.2, 0.25) is 0 Å². The van der Waals surface area contributed by atoms with Gasteiger partial charge in [0, 0.05) is 5.33 Å². The summed E-state index contributed by atoms with van der Waals surface area (Å²) >= 11 is 3.73. The standard InChI is InChI=1S/C16H23Br/c17-13-16(12-14-8-4-3-5-9-14)15-10-6-1-2-7-11-15/h3-5,8-9,15-16H,1-2,6-7,10-13H2. The maximum absolute atomic E-state index is 3.73. The lowest BCUT2D eigenvalue weighted by molar-refractivity contribution is 0.325. The van der Waals surface area contributed by atoms with Crippen molar-refractivity contribution in [3.63, 3.8) is 0 Å². The van der Waals surface area contributed by atoms with Crippen molar-refractivity contribution in [3.05, 3.63) is 35.9 Å². The predicted octanol–water partition coefficient (Wildman–Crippen LogP) is 5.21. The van der Waals surface area contributed by atoms with Gasteiger partial charge in [0.15, 0.2) is 0 Å². The maximum Gasteiger partial charge on any atom is 0.00654 e. The first-order valence-corrected chi connectivity index (χ1v) is 8.12. The second kappa shape index (κ2) is 7.20. The van der Waals surface area contributed by atoms with Gasteiger partial charge >= 0.3 is 0 Å². The lowest BCUT2D eigenvalue weighted by Crippen LogP contribution is -2.18. The van der Waals surface area contributed by atoms with Gasteiger partial charge in [0.2, 0.25) is 0 Å². The molecule has 1 aliphatic carbocycles. The highest BCUT2D eigenvalue weighted by molar-refractivity contribution is 9.09. The Balaban J connectivity index is 1.95. The summed E-state index contributed by atoms with van der Waals surface area (Å²) in [5, 5.41) is 1.16. The Morgan fingerprint density at radius 2 is 1.65 bits per heavy atom. The van der Waals surface area contributed by atoms with E-state index in [2.05, 4.69) is 46.3 Å². The highest BCUT2D eigenvalue weighted by Crippen LogP contribution is 2.32. The van der Waals surface area contributed by atoms with Crippen LogP contribution < -0.4 is 0 Å². The van der Waals surface area contributed by atoms with Crippen LogP contribution in [-0.4, -0.2) is 5.33 Å². The second-order valence-corrected chi connectivity index (χ2v) is 6.00. The average Bonchev–Trinajstić information content (AvgIpc) is 2.66. The Morgan fingerprint density at radius 1 is 1.00 bits per heavy atom. The molecule has 1 saturated carbocycles. The number of alkyl halides is 1. The van der Waals surface area contributed by atoms with Crippen LogP contribution in [0.3, 0.4) is 0 Å². The van der Waals surface area contributed by atoms with E-state index in [1.54, 1.807) is 0 Å². The van der Waals surface area contributed by atoms with Gasteiger partial charge in [0.1, 0.15) is 0 Å². The van der Waals surface area contributed by atoms with Crippen molar-refractivity contribution < 1.29 is 0 Å². The Hall–Kier alpha value is -0.300. The number of halogens is 1. The van der Waals surface area contributed by atoms with Crippen LogP contribution in [-0.2, 0) is 6.42 Å². The van der Waals surface area contributed by atoms with Gasteiger partial charge in [0.25, 0.3) is 0 Å². The normalized spacial score (nSPS) is 19.8. The molecule has 0 aromatic heterocycles. The molecular weight excluding hydrogens is 272 g/mol. The van der Waals surface area contributed by atoms with Crippen molar-refractivity contribution >= 4 is 15.9 Å². The summed E-state index contributed by atoms with van der Waals surface area (Å²) in [5.41, 5.74) is 1.50. The number of rotatable bonds is 4. The zero-order chi connectivity index (χ0) is 11.9. The summed E-state index contributed by atoms with van der Waals surface area (Å²) in [6, 6.07) is 11.0. The monoisotopic (exact) mass is 294 g/mol. The molecule has 1 atom stereocenters. The summed E-state index contributed by atoms with van der Waals surface area (Å²) in [4.78, 5) is 0. The van der Waals surface area contributed by atoms with E-state index in [9.17, 15) is 0 Å². The SMILES string of the molecule is BrCC(Cc1ccccc1)C1CCCCCC1. The van der Waals surface area contributed by atoms with Gasteiger partial charge in [-0.2, -0.15) is 0 Å². The van der Waals surface area contributed by atoms with Crippen molar-refractivity contribution in [1.29, 1.82) is 0 Å². The van der Waals surface area contributed by atoms with Gasteiger partial charge in [-0.25, -0.2) is 0 Å². The molecule has 1 aromatic carbocycles. The molecule has 1 fully saturated rings. The molecule has 94 valence electrons. The van der Waals surface area contributed by atoms with Crippen molar-refractivity contribution in [2.24, 2.45) is 11.8 Å². The molecule has 1 aliphatic rings. The molecule has 0 saturated heterocycles. The topological polar surface area (TPSA) is 0 Å². The fourth-order valence-corrected chi connectivity index (χ4v) is 3.80. The van der Waals surface area contributed by atoms with E-state index < -0.39 is 0 Å². The van der Waals surface area contributed by atoms with Gasteiger partial charge in [-0.15, -0.1) is 0 Å². The number of hydrogen-bond donors (Lipinski definition) is 0. The van der Waals surface area contributed by atoms with E-state index in [4.69, 9.17) is 0 Å². The molecule has 0 nitrogen and oxygen atoms in total. The minimum absolute atomic E-state index is 0.829. The Morgan fingerprint density at radius 3 is 2.24 bits per heavy atom. The van der Waals surface area contributed by atoms with Crippen molar-refractivity contribution in [2.75, 3.05) is 5.33 Å². The summed E-state index contributed by atoms with van der Waals surface area (Å²) in [6.07, 6.45) is 9.95. The zero-order valence-electron chi connectivity index (χ0n) is 10.6. The van der Waals surface area contributed by atoms with E-state index in [0.717, 1.165) is 17.2 Å². The van der Waals surface area contributed by atoms with Crippen LogP contribution in [0.1, 0.15) is 44.1 Å². The molecule has 0 N–H and O–H groups in total. The Kier molecular flexibility index (Phi) is 5.57. The molecule has 1 heteroatoms. The molecule has 0 amide bonds. The van der Waals surface area contributed by atoms with Crippen LogP contribution in [0.4, 0.5) is 0 Å². The van der Waals surface area contributed by atoms with Crippen LogP contribution >= 0.6 is 15.9 Å². The molecule has 0 aliphatic heterocycles. The number of benzene rings is 1. The van der Waals surface area contributed by atoms with Gasteiger partial charge in [-0.05, 0) is 23.8 Å². The van der Waals surface area contributed by atoms with Gasteiger partial charge in [-0.1, -0.05) is 84.8 Å². The van der Waals surface area contributed by atoms with Crippen LogP contribution in [0.5, 0.6) is 0 Å². The first kappa shape index (κ1) is 13.1. The minimum atomic E-state index is 0.829. The van der Waals surface area contributed by atoms with Gasteiger partial charge in [0.05, 0.1) is 0 Å². The van der Waals surface area contributed by atoms with E-state index in [1.807, 2.05) is 0 Å². The third-order valence-corrected chi connectivity index (χ3v) is 4.94. The molecule has 0 spiro atoms. The average molecular weight is 295 g/mol. The molecule has 1 aromatic rings. The Labute approximate surface area is 114 Å². The third-order valence-electron chi connectivity index (χ3n) is 4.11. The lowest BCUT2D eigenvalue weighted by atomic mass is 9.83. The quantitative estimate of drug-likeness (QED) is 0.528. The molecule has 0 radical (unpaired) electrons. The molecule has 1 unspecified atom stereocenters.